The molecule has 5 aliphatic heterocycles. The van der Waals surface area contributed by atoms with Crippen molar-refractivity contribution >= 4 is 70.2 Å². The molecule has 0 aliphatic carbocycles. The Morgan fingerprint density at radius 2 is 0.971 bits per heavy atom. The average molecular weight is 1680 g/mol. The first-order valence-corrected chi connectivity index (χ1v) is 34.9. The Hall–Kier alpha value is -1.50. The van der Waals surface area contributed by atoms with Crippen molar-refractivity contribution in [2.45, 2.75) is 99.6 Å². The van der Waals surface area contributed by atoms with E-state index >= 15 is 0 Å². The van der Waals surface area contributed by atoms with E-state index in [0.717, 1.165) is 194 Å². The van der Waals surface area contributed by atoms with E-state index in [2.05, 4.69) is 68.0 Å². The van der Waals surface area contributed by atoms with Crippen molar-refractivity contribution in [1.29, 1.82) is 0 Å². The number of nitro groups is 2. The van der Waals surface area contributed by atoms with Gasteiger partial charge in [0.05, 0.1) is 118 Å². The number of halogens is 2. The molecule has 5 aromatic heterocycles. The fraction of sp³-hybridized carbons (Fsp3) is 0.638. The number of anilines is 1. The zero-order valence-electron chi connectivity index (χ0n) is 63.7. The summed E-state index contributed by atoms with van der Waals surface area (Å²) in [5.41, 5.74) is 9.53. The van der Waals surface area contributed by atoms with Gasteiger partial charge in [0.1, 0.15) is 11.5 Å². The topological polar surface area (TPSA) is 368 Å². The van der Waals surface area contributed by atoms with Crippen LogP contribution in [0.2, 0.25) is 0 Å². The summed E-state index contributed by atoms with van der Waals surface area (Å²) in [6.07, 6.45) is 13.7. The predicted octanol–water partition coefficient (Wildman–Crippen LogP) is -0.0233. The SMILES string of the molecule is CC(=O)c1cc([N+](=O)[O-])cn1CCN1CCOCC1.CCC.CCC.CCOC(=O)c1cc([N+](=O)[O-])c[nH]1.Cl.ClCCN1CCOCC1.Cn1cc(CC(=O)c2c[c-]cn2CCN2CCOCC2)cc1C(=O)CCCN1CCOCC1.Cn1cc(N)cc1C(=O)CCCN1CCOCC1.[K+].[NH2-].[OH-].[Rb+].[Rb+]. The number of rotatable bonds is 26. The van der Waals surface area contributed by atoms with E-state index in [9.17, 15) is 44.2 Å². The first-order valence-electron chi connectivity index (χ1n) is 34.4. The second-order valence-corrected chi connectivity index (χ2v) is 24.4. The van der Waals surface area contributed by atoms with E-state index in [4.69, 9.17) is 41.0 Å². The fourth-order valence-corrected chi connectivity index (χ4v) is 11.0. The zero-order chi connectivity index (χ0) is 71.6. The molecule has 5 saturated heterocycles. The van der Waals surface area contributed by atoms with Crippen LogP contribution in [0.1, 0.15) is 138 Å². The summed E-state index contributed by atoms with van der Waals surface area (Å²) in [4.78, 5) is 94.2. The second-order valence-electron chi connectivity index (χ2n) is 24.0. The van der Waals surface area contributed by atoms with Gasteiger partial charge in [0.2, 0.25) is 0 Å². The minimum atomic E-state index is -0.587. The molecule has 0 spiro atoms. The first-order chi connectivity index (χ1) is 47.2. The average Bonchev–Trinajstić information content (AvgIpc) is 1.70. The van der Waals surface area contributed by atoms with E-state index in [1.54, 1.807) is 34.4 Å². The van der Waals surface area contributed by atoms with Crippen molar-refractivity contribution in [2.24, 2.45) is 14.1 Å². The maximum atomic E-state index is 13.0. The van der Waals surface area contributed by atoms with Crippen molar-refractivity contribution in [3.05, 3.63) is 128 Å². The van der Waals surface area contributed by atoms with Crippen molar-refractivity contribution in [3.8, 4) is 0 Å². The van der Waals surface area contributed by atoms with E-state index < -0.39 is 15.8 Å². The van der Waals surface area contributed by atoms with Crippen LogP contribution in [0.5, 0.6) is 0 Å². The van der Waals surface area contributed by atoms with Crippen LogP contribution in [0.3, 0.4) is 0 Å². The third-order valence-electron chi connectivity index (χ3n) is 15.9. The van der Waals surface area contributed by atoms with Crippen molar-refractivity contribution in [1.82, 2.24) is 47.8 Å². The number of hydrogen-bond donors (Lipinski definition) is 2. The third-order valence-corrected chi connectivity index (χ3v) is 16.1. The molecule has 35 heteroatoms. The standard InChI is InChI=1S/C25H35N4O4.C13H21N3O2.C12H17N3O4.C7H8N2O4.C6H12ClNO.2C3H8.ClH.K.H2N.H2O.2Rb/c1-26-20-21(18-23(26)24(30)5-3-6-27-10-14-32-15-11-27)19-25(31)22-4-2-7-29(22)9-8-28-12-16-33-17-13-28;1-15-10-11(14)9-12(15)13(17)3-2-4-16-5-7-18-8-6-16;1-10(16)12-8-11(15(17)18)9-14(12)3-2-13-4-6-19-7-5-13;1-2-13-7(10)6-3-5(4-8-6)9(11)12;7-1-2-8-3-5-9-6-4-8;2*1-3-2;;;;;;/h4,7,18,20H,3,5-6,8-17,19H2,1H3;9-10H,2-8,14H2,1H3;8-9H,2-7H2,1H3;3-4,8H,2H2,1H3;1-6H2;2*3H2,1-2H3;1H;;2*1H2;;/q-1;;;;;;;;+1;-1;;2*+1/p-1. The Bertz CT molecular complexity index is 3140. The van der Waals surface area contributed by atoms with Crippen LogP contribution in [0.25, 0.3) is 6.15 Å². The number of alkyl halides is 1. The Morgan fingerprint density at radius 3 is 1.36 bits per heavy atom. The molecule has 5 fully saturated rings. The zero-order valence-corrected chi connectivity index (χ0v) is 78.2. The molecule has 0 saturated carbocycles. The fourth-order valence-electron chi connectivity index (χ4n) is 10.8. The molecule has 0 amide bonds. The number of aryl methyl sites for hydroxylation is 2. The summed E-state index contributed by atoms with van der Waals surface area (Å²) >= 11 is 5.55. The van der Waals surface area contributed by atoms with Crippen molar-refractivity contribution in [3.63, 3.8) is 0 Å². The molecule has 0 radical (unpaired) electrons. The molecule has 10 rings (SSSR count). The molecule has 104 heavy (non-hydrogen) atoms. The van der Waals surface area contributed by atoms with Gasteiger partial charge in [0.15, 0.2) is 17.3 Å². The number of Topliss-reactive ketones (excluding diaryl/α,β-unsaturated/α-hetero) is 4. The molecular formula is C69H113Cl2KN14O16Rb2. The summed E-state index contributed by atoms with van der Waals surface area (Å²) in [6.45, 7) is 35.1. The van der Waals surface area contributed by atoms with Gasteiger partial charge in [0, 0.05) is 169 Å². The normalized spacial score (nSPS) is 15.1. The van der Waals surface area contributed by atoms with Gasteiger partial charge in [0.25, 0.3) is 11.4 Å². The van der Waals surface area contributed by atoms with Gasteiger partial charge >= 0.3 is 174 Å². The molecule has 5 aliphatic rings. The predicted molar refractivity (Wildman–Crippen MR) is 392 cm³/mol. The Balaban J connectivity index is -0.00000125. The number of aromatic nitrogens is 5. The number of morpholine rings is 5. The summed E-state index contributed by atoms with van der Waals surface area (Å²) in [5, 5.41) is 21.0. The van der Waals surface area contributed by atoms with Crippen molar-refractivity contribution < 1.29 is 235 Å². The molecule has 0 bridgehead atoms. The van der Waals surface area contributed by atoms with Crippen LogP contribution >= 0.6 is 24.0 Å². The number of carbonyl (C=O) groups is 5. The van der Waals surface area contributed by atoms with E-state index in [1.165, 1.54) is 32.0 Å². The molecule has 5 aromatic rings. The summed E-state index contributed by atoms with van der Waals surface area (Å²) in [7, 11) is 3.73. The molecule has 6 N–H and O–H groups in total. The number of nitrogens with two attached hydrogens (primary N) is 2. The Kier molecular flexibility index (Phi) is 64.7. The maximum Gasteiger partial charge on any atom is 1.00 e. The number of H-pyrrole nitrogens is 1. The number of aromatic amines is 1. The van der Waals surface area contributed by atoms with Gasteiger partial charge in [-0.15, -0.1) is 30.2 Å². The monoisotopic (exact) mass is 1670 g/mol. The quantitative estimate of drug-likeness (QED) is 0.0140. The molecule has 0 atom stereocenters. The van der Waals surface area contributed by atoms with Gasteiger partial charge < -0.3 is 73.8 Å². The van der Waals surface area contributed by atoms with Crippen LogP contribution in [-0.2, 0) is 62.0 Å². The molecule has 572 valence electrons. The minimum Gasteiger partial charge on any atom is -0.870 e. The molecular weight excluding hydrogens is 1560 g/mol. The van der Waals surface area contributed by atoms with E-state index in [0.29, 0.717) is 61.1 Å². The van der Waals surface area contributed by atoms with Gasteiger partial charge in [-0.2, -0.15) is 0 Å². The van der Waals surface area contributed by atoms with Gasteiger partial charge in [-0.3, -0.25) is 59.1 Å². The number of nitrogens with zero attached hydrogens (tertiary/aromatic N) is 11. The first kappa shape index (κ1) is 107. The molecule has 10 heterocycles. The number of carbonyl (C=O) groups excluding carboxylic acids is 5. The van der Waals surface area contributed by atoms with Gasteiger partial charge in [-0.25, -0.2) is 16.9 Å². The van der Waals surface area contributed by atoms with Gasteiger partial charge in [-0.1, -0.05) is 46.2 Å². The second kappa shape index (κ2) is 63.1. The third kappa shape index (κ3) is 42.2. The Labute approximate surface area is 766 Å². The number of nitrogen functional groups attached to an aromatic ring is 1. The van der Waals surface area contributed by atoms with Crippen LogP contribution in [0.4, 0.5) is 17.1 Å². The molecule has 0 unspecified atom stereocenters. The van der Waals surface area contributed by atoms with Gasteiger partial charge in [-0.05, 0) is 50.6 Å². The Morgan fingerprint density at radius 1 is 0.567 bits per heavy atom. The van der Waals surface area contributed by atoms with Crippen LogP contribution in [-0.4, -0.2) is 269 Å². The van der Waals surface area contributed by atoms with E-state index in [1.807, 2.05) is 41.7 Å². The summed E-state index contributed by atoms with van der Waals surface area (Å²) in [6, 6.07) is 10.9. The number of esters is 1. The van der Waals surface area contributed by atoms with E-state index in [-0.39, 0.29) is 245 Å². The summed E-state index contributed by atoms with van der Waals surface area (Å²) < 4.78 is 38.4. The van der Waals surface area contributed by atoms with Crippen LogP contribution in [0.15, 0.2) is 61.3 Å². The van der Waals surface area contributed by atoms with Crippen LogP contribution in [0, 0.1) is 26.3 Å². The smallest absolute Gasteiger partial charge is 0.870 e. The summed E-state index contributed by atoms with van der Waals surface area (Å²) in [5.74, 6) is 0.343. The number of hydrogen-bond acceptors (Lipinski definition) is 22. The largest absolute Gasteiger partial charge is 1.00 e. The number of nitrogens with one attached hydrogen (secondary N) is 1. The van der Waals surface area contributed by atoms with Crippen molar-refractivity contribution in [2.75, 3.05) is 182 Å². The number of ether oxygens (including phenoxy) is 6. The molecule has 30 nitrogen and oxygen atoms in total. The molecule has 0 aromatic carbocycles. The number of ketones is 4. The minimum absolute atomic E-state index is 0. The maximum absolute atomic E-state index is 13.0. The van der Waals surface area contributed by atoms with Crippen LogP contribution < -0.4 is 173 Å².